The second kappa shape index (κ2) is 9.86. The molecule has 1 amide bonds. The first-order valence-corrected chi connectivity index (χ1v) is 7.59. The van der Waals surface area contributed by atoms with Crippen molar-refractivity contribution in [2.24, 2.45) is 10.7 Å². The van der Waals surface area contributed by atoms with Gasteiger partial charge in [-0.1, -0.05) is 18.2 Å². The first-order chi connectivity index (χ1) is 11.9. The van der Waals surface area contributed by atoms with Crippen LogP contribution in [0, 0.1) is 0 Å². The summed E-state index contributed by atoms with van der Waals surface area (Å²) in [5, 5.41) is 10.1. The molecule has 8 nitrogen and oxygen atoms in total. The van der Waals surface area contributed by atoms with Crippen molar-refractivity contribution in [3.05, 3.63) is 47.2 Å². The van der Waals surface area contributed by atoms with Crippen molar-refractivity contribution >= 4 is 23.7 Å². The number of ether oxygens (including phenoxy) is 2. The van der Waals surface area contributed by atoms with Crippen LogP contribution in [0.15, 0.2) is 46.7 Å². The second-order valence-electron chi connectivity index (χ2n) is 4.69. The summed E-state index contributed by atoms with van der Waals surface area (Å²) in [6.45, 7) is 3.27. The molecule has 1 aromatic carbocycles. The molecule has 0 spiro atoms. The van der Waals surface area contributed by atoms with Gasteiger partial charge in [0.25, 0.3) is 5.91 Å². The first kappa shape index (κ1) is 19.9. The lowest BCUT2D eigenvalue weighted by Gasteiger charge is -2.09. The fourth-order valence-electron chi connectivity index (χ4n) is 1.82. The summed E-state index contributed by atoms with van der Waals surface area (Å²) in [5.74, 6) is -3.69. The minimum Gasteiger partial charge on any atom is -0.511 e. The largest absolute Gasteiger partial charge is 0.511 e. The average Bonchev–Trinajstić information content (AvgIpc) is 2.56. The zero-order valence-electron chi connectivity index (χ0n) is 14.0. The molecule has 3 N–H and O–H groups in total. The van der Waals surface area contributed by atoms with E-state index in [0.29, 0.717) is 0 Å². The molecule has 25 heavy (non-hydrogen) atoms. The molecule has 1 rings (SSSR count). The van der Waals surface area contributed by atoms with Gasteiger partial charge in [0.05, 0.1) is 13.2 Å². The Bertz CT molecular complexity index is 694. The van der Waals surface area contributed by atoms with E-state index in [9.17, 15) is 19.5 Å². The molecule has 0 aliphatic carbocycles. The van der Waals surface area contributed by atoms with E-state index in [1.807, 2.05) is 0 Å². The first-order valence-electron chi connectivity index (χ1n) is 7.59. The van der Waals surface area contributed by atoms with Gasteiger partial charge in [0.2, 0.25) is 0 Å². The highest BCUT2D eigenvalue weighted by atomic mass is 16.5. The maximum Gasteiger partial charge on any atom is 0.345 e. The van der Waals surface area contributed by atoms with Crippen LogP contribution in [-0.2, 0) is 19.1 Å². The van der Waals surface area contributed by atoms with Gasteiger partial charge in [-0.05, 0) is 26.0 Å². The number of rotatable bonds is 7. The van der Waals surface area contributed by atoms with Gasteiger partial charge >= 0.3 is 11.9 Å². The van der Waals surface area contributed by atoms with E-state index >= 15 is 0 Å². The van der Waals surface area contributed by atoms with Crippen molar-refractivity contribution < 1.29 is 29.0 Å². The van der Waals surface area contributed by atoms with E-state index in [-0.39, 0.29) is 18.8 Å². The number of hydrogen-bond donors (Lipinski definition) is 2. The van der Waals surface area contributed by atoms with Gasteiger partial charge in [0.15, 0.2) is 0 Å². The third-order valence-electron chi connectivity index (χ3n) is 2.88. The van der Waals surface area contributed by atoms with Crippen LogP contribution < -0.4 is 5.73 Å². The molecule has 8 heteroatoms. The lowest BCUT2D eigenvalue weighted by Crippen LogP contribution is -2.27. The maximum absolute atomic E-state index is 12.1. The summed E-state index contributed by atoms with van der Waals surface area (Å²) < 4.78 is 9.49. The number of aliphatic hydroxyl groups is 1. The molecule has 0 bridgehead atoms. The van der Waals surface area contributed by atoms with Crippen molar-refractivity contribution in [3.63, 3.8) is 0 Å². The number of hydrogen-bond acceptors (Lipinski definition) is 6. The number of nitrogens with two attached hydrogens (primary N) is 1. The van der Waals surface area contributed by atoms with Gasteiger partial charge in [-0.2, -0.15) is 4.99 Å². The molecule has 0 aliphatic heterocycles. The number of amidine groups is 1. The highest BCUT2D eigenvalue weighted by molar-refractivity contribution is 6.22. The van der Waals surface area contributed by atoms with Crippen LogP contribution in [0.25, 0.3) is 0 Å². The number of aliphatic imine (C=N–C) groups is 1. The number of amides is 1. The van der Waals surface area contributed by atoms with Crippen LogP contribution in [0.3, 0.4) is 0 Å². The van der Waals surface area contributed by atoms with E-state index in [1.54, 1.807) is 32.0 Å². The van der Waals surface area contributed by atoms with Crippen LogP contribution >= 0.6 is 0 Å². The van der Waals surface area contributed by atoms with Crippen LogP contribution in [0.5, 0.6) is 0 Å². The Balaban J connectivity index is 3.17. The van der Waals surface area contributed by atoms with Crippen molar-refractivity contribution in [2.75, 3.05) is 13.2 Å². The quantitative estimate of drug-likeness (QED) is 0.251. The van der Waals surface area contributed by atoms with E-state index in [0.717, 1.165) is 0 Å². The molecule has 134 valence electrons. The maximum atomic E-state index is 12.1. The van der Waals surface area contributed by atoms with Crippen LogP contribution in [-0.4, -0.2) is 42.0 Å². The van der Waals surface area contributed by atoms with Gasteiger partial charge in [-0.3, -0.25) is 9.59 Å². The fourth-order valence-corrected chi connectivity index (χ4v) is 1.82. The summed E-state index contributed by atoms with van der Waals surface area (Å²) in [6.07, 6.45) is -0.599. The third kappa shape index (κ3) is 6.09. The molecular weight excluding hydrogens is 328 g/mol. The number of carbonyl (C=O) groups excluding carboxylic acids is 3. The zero-order chi connectivity index (χ0) is 18.8. The summed E-state index contributed by atoms with van der Waals surface area (Å²) in [7, 11) is 0. The monoisotopic (exact) mass is 348 g/mol. The molecule has 0 aromatic heterocycles. The van der Waals surface area contributed by atoms with Crippen molar-refractivity contribution in [3.8, 4) is 0 Å². The average molecular weight is 348 g/mol. The molecule has 0 unspecified atom stereocenters. The fraction of sp³-hybridized carbons (Fsp3) is 0.294. The zero-order valence-corrected chi connectivity index (χ0v) is 14.0. The smallest absolute Gasteiger partial charge is 0.345 e. The Hall–Kier alpha value is -3.16. The number of nitrogens with zero attached hydrogens (tertiary/aromatic N) is 1. The number of benzene rings is 1. The lowest BCUT2D eigenvalue weighted by atomic mass is 10.1. The van der Waals surface area contributed by atoms with Gasteiger partial charge in [0, 0.05) is 5.56 Å². The van der Waals surface area contributed by atoms with Gasteiger partial charge in [-0.25, -0.2) is 4.79 Å². The molecular formula is C17H20N2O6. The Labute approximate surface area is 144 Å². The van der Waals surface area contributed by atoms with Crippen molar-refractivity contribution in [1.29, 1.82) is 0 Å². The predicted octanol–water partition coefficient (Wildman–Crippen LogP) is 1.51. The van der Waals surface area contributed by atoms with Gasteiger partial charge in [-0.15, -0.1) is 0 Å². The predicted molar refractivity (Wildman–Crippen MR) is 89.9 cm³/mol. The molecule has 0 saturated carbocycles. The summed E-state index contributed by atoms with van der Waals surface area (Å²) in [6, 6.07) is 8.04. The Morgan fingerprint density at radius 3 is 2.24 bits per heavy atom. The molecule has 0 heterocycles. The molecule has 0 radical (unpaired) electrons. The Morgan fingerprint density at radius 2 is 1.68 bits per heavy atom. The molecule has 0 atom stereocenters. The van der Waals surface area contributed by atoms with Crippen molar-refractivity contribution in [1.82, 2.24) is 0 Å². The normalized spacial score (nSPS) is 12.2. The molecule has 0 fully saturated rings. The summed E-state index contributed by atoms with van der Waals surface area (Å²) in [5.41, 5.74) is 5.40. The van der Waals surface area contributed by atoms with Gasteiger partial charge < -0.3 is 20.3 Å². The Kier molecular flexibility index (Phi) is 7.85. The van der Waals surface area contributed by atoms with E-state index in [1.165, 1.54) is 12.1 Å². The van der Waals surface area contributed by atoms with E-state index in [4.69, 9.17) is 15.2 Å². The summed E-state index contributed by atoms with van der Waals surface area (Å²) >= 11 is 0. The topological polar surface area (TPSA) is 128 Å². The van der Waals surface area contributed by atoms with E-state index in [2.05, 4.69) is 4.99 Å². The van der Waals surface area contributed by atoms with Gasteiger partial charge in [0.1, 0.15) is 23.6 Å². The van der Waals surface area contributed by atoms with Crippen LogP contribution in [0.4, 0.5) is 0 Å². The van der Waals surface area contributed by atoms with Crippen molar-refractivity contribution in [2.45, 2.75) is 20.3 Å². The molecule has 0 aliphatic rings. The van der Waals surface area contributed by atoms with E-state index < -0.39 is 41.4 Å². The lowest BCUT2D eigenvalue weighted by molar-refractivity contribution is -0.142. The molecule has 0 saturated heterocycles. The SMILES string of the molecule is CCOC(=O)C/C(O)=C(\C(=O)OCC)C(N)=NC(=O)c1ccccc1. The second-order valence-corrected chi connectivity index (χ2v) is 4.69. The highest BCUT2D eigenvalue weighted by Gasteiger charge is 2.24. The molecule has 1 aromatic rings. The Morgan fingerprint density at radius 1 is 1.08 bits per heavy atom. The minimum atomic E-state index is -0.994. The number of carbonyl (C=O) groups is 3. The summed E-state index contributed by atoms with van der Waals surface area (Å²) in [4.78, 5) is 39.2. The minimum absolute atomic E-state index is 0.00886. The standard InChI is InChI=1S/C17H20N2O6/c1-3-24-13(21)10-12(20)14(17(23)25-4-2)15(18)19-16(22)11-8-6-5-7-9-11/h5-9,20H,3-4,10H2,1-2H3,(H2,18,19,22)/b14-12+. The number of esters is 2. The van der Waals surface area contributed by atoms with Crippen LogP contribution in [0.2, 0.25) is 0 Å². The highest BCUT2D eigenvalue weighted by Crippen LogP contribution is 2.11. The third-order valence-corrected chi connectivity index (χ3v) is 2.88. The van der Waals surface area contributed by atoms with Crippen LogP contribution in [0.1, 0.15) is 30.6 Å². The number of aliphatic hydroxyl groups excluding tert-OH is 1.